The summed E-state index contributed by atoms with van der Waals surface area (Å²) < 4.78 is 12.5. The Kier molecular flexibility index (Phi) is 9.11. The van der Waals surface area contributed by atoms with Gasteiger partial charge in [0.25, 0.3) is 0 Å². The summed E-state index contributed by atoms with van der Waals surface area (Å²) in [4.78, 5) is 0. The van der Waals surface area contributed by atoms with Crippen molar-refractivity contribution < 1.29 is 40.1 Å². The molecule has 0 aromatic carbocycles. The summed E-state index contributed by atoms with van der Waals surface area (Å²) in [6, 6.07) is 0. The summed E-state index contributed by atoms with van der Waals surface area (Å²) in [7, 11) is 0. The lowest BCUT2D eigenvalue weighted by Crippen LogP contribution is -2.58. The van der Waals surface area contributed by atoms with Gasteiger partial charge in [-0.05, 0) is 105 Å². The van der Waals surface area contributed by atoms with Crippen LogP contribution in [0.5, 0.6) is 0 Å². The van der Waals surface area contributed by atoms with E-state index in [0.29, 0.717) is 25.2 Å². The van der Waals surface area contributed by atoms with Crippen molar-refractivity contribution in [3.8, 4) is 0 Å². The molecule has 41 heavy (non-hydrogen) atoms. The SMILES string of the molecule is CC(C)CC[C@H](O)[C@@H](C)[C@H]1[C@@H](O[C@@H]2O[C@@H](C)[C@H](O)[C@@H](O)[C@H]2O)C[C@H]2[C@@H]3CC=C4C[C@H](O)CC[C@]4(C)[C@H]3[C@H](O)C[C@]12C. The number of ether oxygens (including phenoxy) is 2. The minimum Gasteiger partial charge on any atom is -0.393 e. The number of aliphatic hydroxyl groups is 6. The Morgan fingerprint density at radius 2 is 1.73 bits per heavy atom. The van der Waals surface area contributed by atoms with Gasteiger partial charge in [0.2, 0.25) is 0 Å². The predicted octanol–water partition coefficient (Wildman–Crippen LogP) is 3.15. The highest BCUT2D eigenvalue weighted by molar-refractivity contribution is 5.27. The molecular weight excluding hydrogens is 524 g/mol. The Morgan fingerprint density at radius 1 is 1.02 bits per heavy atom. The van der Waals surface area contributed by atoms with Crippen molar-refractivity contribution in [1.29, 1.82) is 0 Å². The summed E-state index contributed by atoms with van der Waals surface area (Å²) in [5.74, 6) is 0.856. The van der Waals surface area contributed by atoms with E-state index in [-0.39, 0.29) is 52.6 Å². The zero-order valence-corrected chi connectivity index (χ0v) is 25.9. The van der Waals surface area contributed by atoms with Gasteiger partial charge in [0.05, 0.1) is 30.5 Å². The van der Waals surface area contributed by atoms with Gasteiger partial charge in [-0.2, -0.15) is 0 Å². The monoisotopic (exact) mass is 580 g/mol. The number of rotatable bonds is 7. The van der Waals surface area contributed by atoms with Crippen LogP contribution in [0.1, 0.15) is 92.9 Å². The van der Waals surface area contributed by atoms with E-state index in [4.69, 9.17) is 9.47 Å². The fourth-order valence-corrected chi connectivity index (χ4v) is 10.2. The van der Waals surface area contributed by atoms with Crippen LogP contribution in [0.15, 0.2) is 11.6 Å². The highest BCUT2D eigenvalue weighted by atomic mass is 16.7. The van der Waals surface area contributed by atoms with Crippen LogP contribution >= 0.6 is 0 Å². The molecule has 0 amide bonds. The van der Waals surface area contributed by atoms with Crippen molar-refractivity contribution in [3.63, 3.8) is 0 Å². The number of hydrogen-bond donors (Lipinski definition) is 6. The Balaban J connectivity index is 1.47. The summed E-state index contributed by atoms with van der Waals surface area (Å²) in [6.07, 6.45) is 1.01. The fourth-order valence-electron chi connectivity index (χ4n) is 10.2. The summed E-state index contributed by atoms with van der Waals surface area (Å²) in [5.41, 5.74) is 0.848. The van der Waals surface area contributed by atoms with Crippen molar-refractivity contribution in [3.05, 3.63) is 11.6 Å². The maximum atomic E-state index is 11.9. The molecule has 5 aliphatic rings. The highest BCUT2D eigenvalue weighted by Gasteiger charge is 2.65. The first-order chi connectivity index (χ1) is 19.2. The molecule has 16 atom stereocenters. The summed E-state index contributed by atoms with van der Waals surface area (Å²) >= 11 is 0. The first kappa shape index (κ1) is 31.8. The minimum absolute atomic E-state index is 0.0910. The molecule has 0 aromatic rings. The van der Waals surface area contributed by atoms with Gasteiger partial charge >= 0.3 is 0 Å². The zero-order valence-electron chi connectivity index (χ0n) is 25.9. The Labute approximate surface area is 246 Å². The second kappa shape index (κ2) is 11.7. The lowest BCUT2D eigenvalue weighted by molar-refractivity contribution is -0.309. The molecule has 4 aliphatic carbocycles. The average molecular weight is 581 g/mol. The van der Waals surface area contributed by atoms with E-state index in [1.54, 1.807) is 6.92 Å². The first-order valence-electron chi connectivity index (χ1n) is 16.3. The Hall–Kier alpha value is -0.580. The molecule has 5 rings (SSSR count). The molecule has 0 aromatic heterocycles. The van der Waals surface area contributed by atoms with Crippen molar-refractivity contribution in [1.82, 2.24) is 0 Å². The van der Waals surface area contributed by atoms with Crippen LogP contribution in [0.3, 0.4) is 0 Å². The molecular formula is C33H56O8. The van der Waals surface area contributed by atoms with E-state index < -0.39 is 42.9 Å². The van der Waals surface area contributed by atoms with Gasteiger partial charge in [-0.3, -0.25) is 0 Å². The van der Waals surface area contributed by atoms with E-state index in [1.165, 1.54) is 5.57 Å². The second-order valence-electron chi connectivity index (χ2n) is 15.4. The predicted molar refractivity (Wildman–Crippen MR) is 154 cm³/mol. The molecule has 0 radical (unpaired) electrons. The Morgan fingerprint density at radius 3 is 2.41 bits per heavy atom. The van der Waals surface area contributed by atoms with Crippen molar-refractivity contribution in [2.24, 2.45) is 46.3 Å². The summed E-state index contributed by atoms with van der Waals surface area (Å²) in [5, 5.41) is 65.3. The maximum absolute atomic E-state index is 11.9. The third kappa shape index (κ3) is 5.47. The number of aliphatic hydroxyl groups excluding tert-OH is 6. The van der Waals surface area contributed by atoms with Crippen LogP contribution in [0.25, 0.3) is 0 Å². The van der Waals surface area contributed by atoms with Crippen LogP contribution in [-0.2, 0) is 9.47 Å². The molecule has 4 fully saturated rings. The highest BCUT2D eigenvalue weighted by Crippen LogP contribution is 2.68. The van der Waals surface area contributed by atoms with Crippen molar-refractivity contribution in [2.75, 3.05) is 0 Å². The van der Waals surface area contributed by atoms with Gasteiger partial charge < -0.3 is 40.1 Å². The lowest BCUT2D eigenvalue weighted by atomic mass is 9.46. The first-order valence-corrected chi connectivity index (χ1v) is 16.3. The topological polar surface area (TPSA) is 140 Å². The minimum atomic E-state index is -1.38. The van der Waals surface area contributed by atoms with Crippen LogP contribution in [0.2, 0.25) is 0 Å². The number of fused-ring (bicyclic) bond motifs is 5. The quantitative estimate of drug-likeness (QED) is 0.253. The number of hydrogen-bond acceptors (Lipinski definition) is 8. The van der Waals surface area contributed by atoms with Gasteiger partial charge in [-0.15, -0.1) is 0 Å². The Bertz CT molecular complexity index is 956. The smallest absolute Gasteiger partial charge is 0.186 e. The van der Waals surface area contributed by atoms with Crippen LogP contribution in [-0.4, -0.2) is 85.8 Å². The molecule has 0 spiro atoms. The van der Waals surface area contributed by atoms with Crippen LogP contribution in [0, 0.1) is 46.3 Å². The van der Waals surface area contributed by atoms with E-state index in [2.05, 4.69) is 40.7 Å². The van der Waals surface area contributed by atoms with E-state index >= 15 is 0 Å². The van der Waals surface area contributed by atoms with Gasteiger partial charge in [-0.25, -0.2) is 0 Å². The largest absolute Gasteiger partial charge is 0.393 e. The summed E-state index contributed by atoms with van der Waals surface area (Å²) in [6.45, 7) is 12.6. The van der Waals surface area contributed by atoms with Crippen LogP contribution in [0.4, 0.5) is 0 Å². The standard InChI is InChI=1S/C33H56O8/c1-16(2)7-10-23(35)17(3)26-25(41-31-30(39)29(38)28(37)18(4)40-31)14-22-21-9-8-19-13-20(34)11-12-32(19,5)27(21)24(36)15-33(22,26)6/h8,16-18,20-31,34-39H,7,9-15H2,1-6H3/t17-,18+,20-,21+,22+,23+,24-,25+,26+,27-,28+,29-,30-,31+,32+,33+/m1/s1. The zero-order chi connectivity index (χ0) is 30.0. The molecule has 236 valence electrons. The average Bonchev–Trinajstić information content (AvgIpc) is 3.19. The molecule has 8 heteroatoms. The van der Waals surface area contributed by atoms with Gasteiger partial charge in [0.15, 0.2) is 6.29 Å². The van der Waals surface area contributed by atoms with Crippen LogP contribution < -0.4 is 0 Å². The van der Waals surface area contributed by atoms with E-state index in [9.17, 15) is 30.6 Å². The molecule has 1 heterocycles. The maximum Gasteiger partial charge on any atom is 0.186 e. The third-order valence-corrected chi connectivity index (χ3v) is 12.4. The lowest BCUT2D eigenvalue weighted by Gasteiger charge is -2.60. The molecule has 0 bridgehead atoms. The molecule has 1 saturated heterocycles. The van der Waals surface area contributed by atoms with Crippen molar-refractivity contribution in [2.45, 2.75) is 148 Å². The normalized spacial score (nSPS) is 51.4. The van der Waals surface area contributed by atoms with Gasteiger partial charge in [0, 0.05) is 0 Å². The van der Waals surface area contributed by atoms with Crippen molar-refractivity contribution >= 4 is 0 Å². The third-order valence-electron chi connectivity index (χ3n) is 12.4. The van der Waals surface area contributed by atoms with E-state index in [0.717, 1.165) is 32.1 Å². The molecule has 0 unspecified atom stereocenters. The molecule has 6 N–H and O–H groups in total. The fraction of sp³-hybridized carbons (Fsp3) is 0.939. The molecule has 8 nitrogen and oxygen atoms in total. The second-order valence-corrected chi connectivity index (χ2v) is 15.4. The van der Waals surface area contributed by atoms with Gasteiger partial charge in [-0.1, -0.05) is 46.3 Å². The van der Waals surface area contributed by atoms with E-state index in [1.807, 2.05) is 0 Å². The number of allylic oxidation sites excluding steroid dienone is 1. The molecule has 3 saturated carbocycles. The molecule has 1 aliphatic heterocycles. The van der Waals surface area contributed by atoms with Gasteiger partial charge in [0.1, 0.15) is 18.3 Å².